The minimum atomic E-state index is 0.0394. The van der Waals surface area contributed by atoms with Gasteiger partial charge in [0, 0.05) is 12.6 Å². The standard InChI is InChI=1S/C9H17NO/c1-11-6-9(10)5-7-2-3-8(9)4-7/h7-8H,2-6,10H2,1H3. The largest absolute Gasteiger partial charge is 0.383 e. The van der Waals surface area contributed by atoms with Gasteiger partial charge in [0.25, 0.3) is 0 Å². The summed E-state index contributed by atoms with van der Waals surface area (Å²) in [6.07, 6.45) is 5.31. The molecule has 2 bridgehead atoms. The summed E-state index contributed by atoms with van der Waals surface area (Å²) in [6.45, 7) is 0.758. The number of methoxy groups -OCH3 is 1. The Hall–Kier alpha value is -0.0800. The van der Waals surface area contributed by atoms with E-state index in [2.05, 4.69) is 0 Å². The van der Waals surface area contributed by atoms with Crippen LogP contribution in [0, 0.1) is 11.8 Å². The van der Waals surface area contributed by atoms with E-state index in [1.54, 1.807) is 7.11 Å². The Bertz CT molecular complexity index is 160. The van der Waals surface area contributed by atoms with Crippen molar-refractivity contribution in [3.05, 3.63) is 0 Å². The summed E-state index contributed by atoms with van der Waals surface area (Å²) >= 11 is 0. The molecule has 64 valence electrons. The molecule has 3 unspecified atom stereocenters. The number of fused-ring (bicyclic) bond motifs is 2. The normalized spacial score (nSPS) is 48.5. The second-order valence-electron chi connectivity index (χ2n) is 4.25. The van der Waals surface area contributed by atoms with Gasteiger partial charge < -0.3 is 10.5 Å². The Morgan fingerprint density at radius 3 is 2.82 bits per heavy atom. The van der Waals surface area contributed by atoms with E-state index < -0.39 is 0 Å². The van der Waals surface area contributed by atoms with Crippen molar-refractivity contribution in [2.24, 2.45) is 17.6 Å². The van der Waals surface area contributed by atoms with E-state index in [-0.39, 0.29) is 5.54 Å². The first-order chi connectivity index (χ1) is 5.24. The molecule has 2 fully saturated rings. The third-order valence-electron chi connectivity index (χ3n) is 3.44. The Balaban J connectivity index is 2.04. The molecule has 0 radical (unpaired) electrons. The fourth-order valence-corrected chi connectivity index (χ4v) is 2.93. The summed E-state index contributed by atoms with van der Waals surface area (Å²) < 4.78 is 5.16. The van der Waals surface area contributed by atoms with Crippen LogP contribution in [0.5, 0.6) is 0 Å². The zero-order chi connectivity index (χ0) is 7.90. The minimum Gasteiger partial charge on any atom is -0.383 e. The molecule has 2 aliphatic rings. The van der Waals surface area contributed by atoms with Gasteiger partial charge >= 0.3 is 0 Å². The quantitative estimate of drug-likeness (QED) is 0.649. The maximum atomic E-state index is 6.23. The van der Waals surface area contributed by atoms with Crippen molar-refractivity contribution in [1.82, 2.24) is 0 Å². The van der Waals surface area contributed by atoms with Gasteiger partial charge in [-0.2, -0.15) is 0 Å². The zero-order valence-corrected chi connectivity index (χ0v) is 7.18. The summed E-state index contributed by atoms with van der Waals surface area (Å²) in [5.74, 6) is 1.67. The van der Waals surface area contributed by atoms with Crippen molar-refractivity contribution in [2.75, 3.05) is 13.7 Å². The highest BCUT2D eigenvalue weighted by atomic mass is 16.5. The molecule has 2 saturated carbocycles. The summed E-state index contributed by atoms with van der Waals surface area (Å²) in [6, 6.07) is 0. The summed E-state index contributed by atoms with van der Waals surface area (Å²) in [5, 5.41) is 0. The molecule has 0 spiro atoms. The monoisotopic (exact) mass is 155 g/mol. The molecule has 0 aromatic heterocycles. The van der Waals surface area contributed by atoms with Crippen LogP contribution in [0.1, 0.15) is 25.7 Å². The number of ether oxygens (including phenoxy) is 1. The predicted molar refractivity (Wildman–Crippen MR) is 44.2 cm³/mol. The number of nitrogens with two attached hydrogens (primary N) is 1. The summed E-state index contributed by atoms with van der Waals surface area (Å²) in [4.78, 5) is 0. The van der Waals surface area contributed by atoms with Crippen LogP contribution in [-0.4, -0.2) is 19.3 Å². The molecule has 0 heterocycles. The van der Waals surface area contributed by atoms with Crippen molar-refractivity contribution >= 4 is 0 Å². The molecule has 2 heteroatoms. The van der Waals surface area contributed by atoms with Crippen LogP contribution in [0.15, 0.2) is 0 Å². The molecule has 0 aromatic rings. The molecular weight excluding hydrogens is 138 g/mol. The number of rotatable bonds is 2. The lowest BCUT2D eigenvalue weighted by atomic mass is 9.82. The van der Waals surface area contributed by atoms with Crippen LogP contribution in [0.3, 0.4) is 0 Å². The smallest absolute Gasteiger partial charge is 0.0645 e. The van der Waals surface area contributed by atoms with Crippen molar-refractivity contribution < 1.29 is 4.74 Å². The molecule has 11 heavy (non-hydrogen) atoms. The van der Waals surface area contributed by atoms with Crippen LogP contribution in [-0.2, 0) is 4.74 Å². The van der Waals surface area contributed by atoms with E-state index >= 15 is 0 Å². The Morgan fingerprint density at radius 2 is 2.36 bits per heavy atom. The first-order valence-electron chi connectivity index (χ1n) is 4.52. The third-order valence-corrected chi connectivity index (χ3v) is 3.44. The topological polar surface area (TPSA) is 35.2 Å². The molecule has 2 N–H and O–H groups in total. The van der Waals surface area contributed by atoms with Gasteiger partial charge in [0.15, 0.2) is 0 Å². The fraction of sp³-hybridized carbons (Fsp3) is 1.00. The maximum absolute atomic E-state index is 6.23. The molecule has 2 aliphatic carbocycles. The Kier molecular flexibility index (Phi) is 1.69. The van der Waals surface area contributed by atoms with Gasteiger partial charge in [0.05, 0.1) is 6.61 Å². The highest BCUT2D eigenvalue weighted by Gasteiger charge is 2.48. The van der Waals surface area contributed by atoms with E-state index in [1.165, 1.54) is 25.7 Å². The lowest BCUT2D eigenvalue weighted by molar-refractivity contribution is 0.0973. The van der Waals surface area contributed by atoms with E-state index in [4.69, 9.17) is 10.5 Å². The highest BCUT2D eigenvalue weighted by molar-refractivity contribution is 5.04. The highest BCUT2D eigenvalue weighted by Crippen LogP contribution is 2.49. The minimum absolute atomic E-state index is 0.0394. The number of hydrogen-bond acceptors (Lipinski definition) is 2. The second kappa shape index (κ2) is 2.46. The molecule has 0 aliphatic heterocycles. The summed E-state index contributed by atoms with van der Waals surface area (Å²) in [7, 11) is 1.75. The Morgan fingerprint density at radius 1 is 1.55 bits per heavy atom. The van der Waals surface area contributed by atoms with Gasteiger partial charge in [-0.05, 0) is 31.1 Å². The van der Waals surface area contributed by atoms with Gasteiger partial charge in [-0.25, -0.2) is 0 Å². The molecule has 3 atom stereocenters. The Labute approximate surface area is 68.1 Å². The van der Waals surface area contributed by atoms with Crippen LogP contribution in [0.4, 0.5) is 0 Å². The molecule has 0 amide bonds. The van der Waals surface area contributed by atoms with Crippen molar-refractivity contribution in [2.45, 2.75) is 31.2 Å². The molecule has 0 aromatic carbocycles. The SMILES string of the molecule is COCC1(N)CC2CCC1C2. The third kappa shape index (κ3) is 1.09. The van der Waals surface area contributed by atoms with E-state index in [9.17, 15) is 0 Å². The van der Waals surface area contributed by atoms with Crippen molar-refractivity contribution in [3.8, 4) is 0 Å². The van der Waals surface area contributed by atoms with E-state index in [0.29, 0.717) is 0 Å². The maximum Gasteiger partial charge on any atom is 0.0645 e. The predicted octanol–water partition coefficient (Wildman–Crippen LogP) is 1.15. The van der Waals surface area contributed by atoms with Crippen molar-refractivity contribution in [1.29, 1.82) is 0 Å². The number of hydrogen-bond donors (Lipinski definition) is 1. The van der Waals surface area contributed by atoms with Crippen LogP contribution < -0.4 is 5.73 Å². The van der Waals surface area contributed by atoms with E-state index in [0.717, 1.165) is 18.4 Å². The van der Waals surface area contributed by atoms with Gasteiger partial charge in [0.1, 0.15) is 0 Å². The molecule has 2 nitrogen and oxygen atoms in total. The van der Waals surface area contributed by atoms with Crippen LogP contribution >= 0.6 is 0 Å². The summed E-state index contributed by atoms with van der Waals surface area (Å²) in [5.41, 5.74) is 6.27. The van der Waals surface area contributed by atoms with Crippen LogP contribution in [0.2, 0.25) is 0 Å². The molecule has 0 saturated heterocycles. The van der Waals surface area contributed by atoms with Gasteiger partial charge in [0.2, 0.25) is 0 Å². The lowest BCUT2D eigenvalue weighted by Crippen LogP contribution is -2.48. The van der Waals surface area contributed by atoms with Crippen molar-refractivity contribution in [3.63, 3.8) is 0 Å². The first kappa shape index (κ1) is 7.56. The fourth-order valence-electron chi connectivity index (χ4n) is 2.93. The van der Waals surface area contributed by atoms with Gasteiger partial charge in [-0.15, -0.1) is 0 Å². The first-order valence-corrected chi connectivity index (χ1v) is 4.52. The molecular formula is C9H17NO. The van der Waals surface area contributed by atoms with E-state index in [1.807, 2.05) is 0 Å². The molecule has 2 rings (SSSR count). The average Bonchev–Trinajstić information content (AvgIpc) is 2.45. The van der Waals surface area contributed by atoms with Gasteiger partial charge in [-0.1, -0.05) is 6.42 Å². The zero-order valence-electron chi connectivity index (χ0n) is 7.18. The second-order valence-corrected chi connectivity index (χ2v) is 4.25. The van der Waals surface area contributed by atoms with Gasteiger partial charge in [-0.3, -0.25) is 0 Å². The van der Waals surface area contributed by atoms with Crippen LogP contribution in [0.25, 0.3) is 0 Å². The average molecular weight is 155 g/mol. The lowest BCUT2D eigenvalue weighted by Gasteiger charge is -2.32.